The van der Waals surface area contributed by atoms with Crippen molar-refractivity contribution in [2.75, 3.05) is 6.61 Å². The number of aromatic hydroxyl groups is 1. The van der Waals surface area contributed by atoms with Gasteiger partial charge in [0.15, 0.2) is 6.61 Å². The number of aryl methyl sites for hydroxylation is 1. The largest absolute Gasteiger partial charge is 0.506 e. The van der Waals surface area contributed by atoms with Gasteiger partial charge in [-0.1, -0.05) is 19.3 Å². The number of carboxylic acid groups (broad SMARTS) is 1. The van der Waals surface area contributed by atoms with Crippen LogP contribution in [-0.2, 0) is 24.1 Å². The minimum atomic E-state index is -0.956. The Bertz CT molecular complexity index is 916. The Hall–Kier alpha value is -2.56. The number of rotatable bonds is 6. The van der Waals surface area contributed by atoms with Crippen molar-refractivity contribution in [3.05, 3.63) is 51.8 Å². The molecule has 0 atom stereocenters. The highest BCUT2D eigenvalue weighted by molar-refractivity contribution is 5.68. The third-order valence-electron chi connectivity index (χ3n) is 6.36. The van der Waals surface area contributed by atoms with Crippen molar-refractivity contribution >= 4 is 5.97 Å². The number of hydrogen-bond acceptors (Lipinski definition) is 4. The first-order chi connectivity index (χ1) is 14.0. The summed E-state index contributed by atoms with van der Waals surface area (Å²) in [7, 11) is 0. The lowest BCUT2D eigenvalue weighted by molar-refractivity contribution is -0.139. The molecule has 0 unspecified atom stereocenters. The molecule has 0 radical (unpaired) electrons. The average molecular weight is 395 g/mol. The Labute approximate surface area is 171 Å². The van der Waals surface area contributed by atoms with Crippen LogP contribution in [0.4, 0.5) is 0 Å². The van der Waals surface area contributed by atoms with E-state index in [4.69, 9.17) is 14.8 Å². The number of carbonyl (C=O) groups is 1. The van der Waals surface area contributed by atoms with E-state index in [1.165, 1.54) is 30.4 Å². The number of carboxylic acids is 1. The number of benzene rings is 1. The van der Waals surface area contributed by atoms with E-state index in [0.29, 0.717) is 17.4 Å². The van der Waals surface area contributed by atoms with Gasteiger partial charge in [0.25, 0.3) is 0 Å². The molecule has 2 N–H and O–H groups in total. The lowest BCUT2D eigenvalue weighted by atomic mass is 9.86. The molecule has 0 amide bonds. The molecule has 29 heavy (non-hydrogen) atoms. The minimum Gasteiger partial charge on any atom is -0.506 e. The zero-order valence-corrected chi connectivity index (χ0v) is 17.0. The molecule has 2 aromatic rings. The van der Waals surface area contributed by atoms with Crippen molar-refractivity contribution in [1.29, 1.82) is 0 Å². The van der Waals surface area contributed by atoms with Gasteiger partial charge in [-0.25, -0.2) is 4.79 Å². The zero-order chi connectivity index (χ0) is 20.4. The highest BCUT2D eigenvalue weighted by Gasteiger charge is 2.24. The fourth-order valence-electron chi connectivity index (χ4n) is 4.94. The molecule has 2 aliphatic rings. The molecule has 1 saturated carbocycles. The molecule has 5 nitrogen and oxygen atoms in total. The number of ether oxygens (including phenoxy) is 1. The Morgan fingerprint density at radius 3 is 2.66 bits per heavy atom. The predicted octanol–water partition coefficient (Wildman–Crippen LogP) is 4.69. The first kappa shape index (κ1) is 19.7. The first-order valence-corrected chi connectivity index (χ1v) is 10.7. The average Bonchev–Trinajstić information content (AvgIpc) is 3.20. The molecular weight excluding hydrogens is 366 g/mol. The molecule has 1 heterocycles. The van der Waals surface area contributed by atoms with Crippen LogP contribution in [-0.4, -0.2) is 27.8 Å². The Kier molecular flexibility index (Phi) is 5.74. The van der Waals surface area contributed by atoms with Gasteiger partial charge in [0.2, 0.25) is 0 Å². The molecule has 1 fully saturated rings. The third-order valence-corrected chi connectivity index (χ3v) is 6.36. The van der Waals surface area contributed by atoms with Crippen LogP contribution in [0, 0.1) is 6.92 Å². The van der Waals surface area contributed by atoms with E-state index in [1.54, 1.807) is 6.07 Å². The summed E-state index contributed by atoms with van der Waals surface area (Å²) in [5, 5.41) is 19.3. The number of aliphatic carboxylic acids is 1. The lowest BCUT2D eigenvalue weighted by Crippen LogP contribution is -2.12. The van der Waals surface area contributed by atoms with Gasteiger partial charge in [-0.3, -0.25) is 4.98 Å². The molecular formula is C24H29NO4. The molecule has 0 spiro atoms. The molecule has 0 aliphatic heterocycles. The number of nitrogens with zero attached hydrogens (tertiary/aromatic N) is 1. The summed E-state index contributed by atoms with van der Waals surface area (Å²) in [5.41, 5.74) is 6.67. The summed E-state index contributed by atoms with van der Waals surface area (Å²) in [6, 6.07) is 5.70. The summed E-state index contributed by atoms with van der Waals surface area (Å²) in [6.45, 7) is 1.75. The van der Waals surface area contributed by atoms with E-state index < -0.39 is 5.97 Å². The second kappa shape index (κ2) is 8.44. The fourth-order valence-corrected chi connectivity index (χ4v) is 4.94. The second-order valence-corrected chi connectivity index (χ2v) is 8.38. The quantitative estimate of drug-likeness (QED) is 0.742. The lowest BCUT2D eigenvalue weighted by Gasteiger charge is -2.22. The topological polar surface area (TPSA) is 79.7 Å². The summed E-state index contributed by atoms with van der Waals surface area (Å²) in [5.74, 6) is 0.437. The van der Waals surface area contributed by atoms with E-state index in [1.807, 2.05) is 12.1 Å². The van der Waals surface area contributed by atoms with Gasteiger partial charge >= 0.3 is 5.97 Å². The van der Waals surface area contributed by atoms with Crippen molar-refractivity contribution in [3.8, 4) is 11.5 Å². The zero-order valence-electron chi connectivity index (χ0n) is 17.0. The third kappa shape index (κ3) is 4.24. The molecule has 5 heteroatoms. The SMILES string of the molecule is Cc1cc(OCC(=O)O)c2c(c1Cc1ccc(O)c(C3CCCCC3)n1)CCC2. The minimum absolute atomic E-state index is 0.310. The Morgan fingerprint density at radius 2 is 1.90 bits per heavy atom. The van der Waals surface area contributed by atoms with E-state index >= 15 is 0 Å². The van der Waals surface area contributed by atoms with Gasteiger partial charge in [0.1, 0.15) is 11.5 Å². The number of aromatic nitrogens is 1. The first-order valence-electron chi connectivity index (χ1n) is 10.7. The van der Waals surface area contributed by atoms with Crippen LogP contribution >= 0.6 is 0 Å². The van der Waals surface area contributed by atoms with Gasteiger partial charge in [-0.15, -0.1) is 0 Å². The smallest absolute Gasteiger partial charge is 0.341 e. The van der Waals surface area contributed by atoms with Crippen LogP contribution in [0.3, 0.4) is 0 Å². The highest BCUT2D eigenvalue weighted by Crippen LogP contribution is 2.38. The second-order valence-electron chi connectivity index (χ2n) is 8.38. The summed E-state index contributed by atoms with van der Waals surface area (Å²) >= 11 is 0. The summed E-state index contributed by atoms with van der Waals surface area (Å²) in [6.07, 6.45) is 9.61. The summed E-state index contributed by atoms with van der Waals surface area (Å²) in [4.78, 5) is 15.8. The van der Waals surface area contributed by atoms with Crippen molar-refractivity contribution < 1.29 is 19.7 Å². The van der Waals surface area contributed by atoms with Gasteiger partial charge in [0.05, 0.1) is 5.69 Å². The monoisotopic (exact) mass is 395 g/mol. The van der Waals surface area contributed by atoms with Crippen molar-refractivity contribution in [2.45, 2.75) is 70.6 Å². The van der Waals surface area contributed by atoms with Crippen LogP contribution < -0.4 is 4.74 Å². The maximum atomic E-state index is 10.9. The molecule has 1 aromatic heterocycles. The number of pyridine rings is 1. The van der Waals surface area contributed by atoms with Crippen molar-refractivity contribution in [2.24, 2.45) is 0 Å². The molecule has 0 saturated heterocycles. The van der Waals surface area contributed by atoms with E-state index in [2.05, 4.69) is 6.92 Å². The molecule has 1 aromatic carbocycles. The van der Waals surface area contributed by atoms with Crippen LogP contribution in [0.5, 0.6) is 11.5 Å². The van der Waals surface area contributed by atoms with Crippen LogP contribution in [0.1, 0.15) is 78.1 Å². The van der Waals surface area contributed by atoms with Gasteiger partial charge in [-0.05, 0) is 79.5 Å². The van der Waals surface area contributed by atoms with Crippen LogP contribution in [0.2, 0.25) is 0 Å². The van der Waals surface area contributed by atoms with Crippen molar-refractivity contribution in [3.63, 3.8) is 0 Å². The van der Waals surface area contributed by atoms with Crippen molar-refractivity contribution in [1.82, 2.24) is 4.98 Å². The maximum absolute atomic E-state index is 10.9. The number of hydrogen-bond donors (Lipinski definition) is 2. The predicted molar refractivity (Wildman–Crippen MR) is 111 cm³/mol. The number of fused-ring (bicyclic) bond motifs is 1. The molecule has 0 bridgehead atoms. The van der Waals surface area contributed by atoms with E-state index in [-0.39, 0.29) is 6.61 Å². The maximum Gasteiger partial charge on any atom is 0.341 e. The standard InChI is InChI=1S/C24H29NO4/c1-15-12-22(29-14-23(27)28)19-9-5-8-18(19)20(15)13-17-10-11-21(26)24(25-17)16-6-3-2-4-7-16/h10-12,16,26H,2-9,13-14H2,1H3,(H,27,28). The van der Waals surface area contributed by atoms with Gasteiger partial charge < -0.3 is 14.9 Å². The van der Waals surface area contributed by atoms with Gasteiger partial charge in [0, 0.05) is 18.0 Å². The Balaban J connectivity index is 1.63. The Morgan fingerprint density at radius 1 is 1.14 bits per heavy atom. The molecule has 154 valence electrons. The van der Waals surface area contributed by atoms with Crippen LogP contribution in [0.15, 0.2) is 18.2 Å². The molecule has 2 aliphatic carbocycles. The van der Waals surface area contributed by atoms with E-state index in [0.717, 1.165) is 61.0 Å². The molecule has 4 rings (SSSR count). The fraction of sp³-hybridized carbons (Fsp3) is 0.500. The highest BCUT2D eigenvalue weighted by atomic mass is 16.5. The summed E-state index contributed by atoms with van der Waals surface area (Å²) < 4.78 is 5.56. The van der Waals surface area contributed by atoms with Gasteiger partial charge in [-0.2, -0.15) is 0 Å². The van der Waals surface area contributed by atoms with E-state index in [9.17, 15) is 9.90 Å². The normalized spacial score (nSPS) is 16.6. The van der Waals surface area contributed by atoms with Crippen LogP contribution in [0.25, 0.3) is 0 Å².